The number of hydrogen-bond acceptors (Lipinski definition) is 3. The Kier molecular flexibility index (Phi) is 5.65. The molecule has 100 valence electrons. The van der Waals surface area contributed by atoms with E-state index >= 15 is 0 Å². The maximum atomic E-state index is 11.5. The number of nitrogens with zero attached hydrogens (tertiary/aromatic N) is 1. The van der Waals surface area contributed by atoms with E-state index in [0.29, 0.717) is 5.75 Å². The van der Waals surface area contributed by atoms with E-state index < -0.39 is 0 Å². The molecule has 1 unspecified atom stereocenters. The maximum Gasteiger partial charge on any atom is 0.414 e. The van der Waals surface area contributed by atoms with Crippen molar-refractivity contribution in [1.82, 2.24) is 4.90 Å². The van der Waals surface area contributed by atoms with Crippen molar-refractivity contribution < 1.29 is 9.53 Å². The van der Waals surface area contributed by atoms with Crippen LogP contribution in [0.5, 0.6) is 5.75 Å². The number of rotatable bonds is 5. The normalized spacial score (nSPS) is 12.0. The number of ether oxygens (including phenoxy) is 1. The van der Waals surface area contributed by atoms with E-state index in [-0.39, 0.29) is 12.1 Å². The number of amides is 1. The Balaban J connectivity index is 2.70. The van der Waals surface area contributed by atoms with Crippen molar-refractivity contribution in [2.75, 3.05) is 14.1 Å². The number of carbonyl (C=O) groups excluding carboxylic acids is 1. The molecule has 2 N–H and O–H groups in total. The topological polar surface area (TPSA) is 55.6 Å². The Morgan fingerprint density at radius 3 is 2.67 bits per heavy atom. The monoisotopic (exact) mass is 250 g/mol. The van der Waals surface area contributed by atoms with E-state index in [9.17, 15) is 4.79 Å². The fourth-order valence-electron chi connectivity index (χ4n) is 1.54. The van der Waals surface area contributed by atoms with Gasteiger partial charge in [-0.2, -0.15) is 0 Å². The molecule has 0 saturated carbocycles. The van der Waals surface area contributed by atoms with E-state index in [2.05, 4.69) is 6.92 Å². The molecule has 4 nitrogen and oxygen atoms in total. The second kappa shape index (κ2) is 7.01. The van der Waals surface area contributed by atoms with Crippen molar-refractivity contribution in [3.05, 3.63) is 29.8 Å². The second-order valence-electron chi connectivity index (χ2n) is 4.58. The van der Waals surface area contributed by atoms with Crippen molar-refractivity contribution in [3.63, 3.8) is 0 Å². The summed E-state index contributed by atoms with van der Waals surface area (Å²) in [7, 11) is 3.33. The fourth-order valence-corrected chi connectivity index (χ4v) is 1.54. The zero-order chi connectivity index (χ0) is 13.5. The van der Waals surface area contributed by atoms with Crippen LogP contribution < -0.4 is 10.5 Å². The number of nitrogens with two attached hydrogens (primary N) is 1. The number of aryl methyl sites for hydroxylation is 1. The van der Waals surface area contributed by atoms with Gasteiger partial charge in [-0.05, 0) is 30.9 Å². The SMILES string of the molecule is CCC(N)CCc1ccccc1OC(=O)N(C)C. The van der Waals surface area contributed by atoms with E-state index in [1.165, 1.54) is 4.90 Å². The van der Waals surface area contributed by atoms with Gasteiger partial charge in [-0.3, -0.25) is 0 Å². The summed E-state index contributed by atoms with van der Waals surface area (Å²) in [6.07, 6.45) is 2.32. The van der Waals surface area contributed by atoms with Crippen molar-refractivity contribution in [2.24, 2.45) is 5.73 Å². The average Bonchev–Trinajstić information content (AvgIpc) is 2.37. The van der Waals surface area contributed by atoms with Crippen LogP contribution in [0, 0.1) is 0 Å². The highest BCUT2D eigenvalue weighted by Crippen LogP contribution is 2.20. The summed E-state index contributed by atoms with van der Waals surface area (Å²) in [6.45, 7) is 2.07. The molecule has 1 amide bonds. The molecule has 1 aromatic carbocycles. The molecule has 0 aliphatic heterocycles. The Morgan fingerprint density at radius 1 is 1.39 bits per heavy atom. The molecule has 1 aromatic rings. The summed E-state index contributed by atoms with van der Waals surface area (Å²) in [5.74, 6) is 0.625. The van der Waals surface area contributed by atoms with Gasteiger partial charge in [0.05, 0.1) is 0 Å². The van der Waals surface area contributed by atoms with Crippen LogP contribution in [0.2, 0.25) is 0 Å². The predicted molar refractivity (Wildman–Crippen MR) is 72.7 cm³/mol. The molecule has 0 spiro atoms. The lowest BCUT2D eigenvalue weighted by Crippen LogP contribution is -2.26. The van der Waals surface area contributed by atoms with Crippen LogP contribution in [0.3, 0.4) is 0 Å². The van der Waals surface area contributed by atoms with Gasteiger partial charge in [-0.25, -0.2) is 4.79 Å². The summed E-state index contributed by atoms with van der Waals surface area (Å²) < 4.78 is 5.32. The predicted octanol–water partition coefficient (Wildman–Crippen LogP) is 2.42. The molecule has 0 fully saturated rings. The van der Waals surface area contributed by atoms with Crippen molar-refractivity contribution >= 4 is 6.09 Å². The summed E-state index contributed by atoms with van der Waals surface area (Å²) >= 11 is 0. The van der Waals surface area contributed by atoms with Gasteiger partial charge in [0.25, 0.3) is 0 Å². The first-order valence-electron chi connectivity index (χ1n) is 6.27. The van der Waals surface area contributed by atoms with Crippen LogP contribution in [-0.4, -0.2) is 31.1 Å². The van der Waals surface area contributed by atoms with E-state index in [4.69, 9.17) is 10.5 Å². The van der Waals surface area contributed by atoms with Crippen molar-refractivity contribution in [1.29, 1.82) is 0 Å². The van der Waals surface area contributed by atoms with Gasteiger partial charge in [0.2, 0.25) is 0 Å². The number of para-hydroxylation sites is 1. The minimum absolute atomic E-state index is 0.197. The molecule has 0 radical (unpaired) electrons. The third kappa shape index (κ3) is 4.37. The average molecular weight is 250 g/mol. The summed E-state index contributed by atoms with van der Waals surface area (Å²) in [6, 6.07) is 7.79. The molecule has 0 heterocycles. The number of hydrogen-bond donors (Lipinski definition) is 1. The highest BCUT2D eigenvalue weighted by molar-refractivity contribution is 5.70. The second-order valence-corrected chi connectivity index (χ2v) is 4.58. The molecule has 1 rings (SSSR count). The lowest BCUT2D eigenvalue weighted by atomic mass is 10.0. The van der Waals surface area contributed by atoms with Crippen LogP contribution in [-0.2, 0) is 6.42 Å². The molecule has 18 heavy (non-hydrogen) atoms. The van der Waals surface area contributed by atoms with Crippen LogP contribution in [0.25, 0.3) is 0 Å². The standard InChI is InChI=1S/C14H22N2O2/c1-4-12(15)10-9-11-7-5-6-8-13(11)18-14(17)16(2)3/h5-8,12H,4,9-10,15H2,1-3H3. The lowest BCUT2D eigenvalue weighted by Gasteiger charge is -2.14. The Morgan fingerprint density at radius 2 is 2.06 bits per heavy atom. The molecule has 0 aliphatic rings. The lowest BCUT2D eigenvalue weighted by molar-refractivity contribution is 0.171. The zero-order valence-electron chi connectivity index (χ0n) is 11.3. The molecular formula is C14H22N2O2. The molecular weight excluding hydrogens is 228 g/mol. The molecule has 1 atom stereocenters. The number of carbonyl (C=O) groups is 1. The van der Waals surface area contributed by atoms with Gasteiger partial charge >= 0.3 is 6.09 Å². The minimum atomic E-state index is -0.359. The summed E-state index contributed by atoms with van der Waals surface area (Å²) in [5.41, 5.74) is 6.93. The van der Waals surface area contributed by atoms with Gasteiger partial charge < -0.3 is 15.4 Å². The van der Waals surface area contributed by atoms with Crippen LogP contribution >= 0.6 is 0 Å². The van der Waals surface area contributed by atoms with Crippen molar-refractivity contribution in [2.45, 2.75) is 32.2 Å². The third-order valence-corrected chi connectivity index (χ3v) is 2.84. The first kappa shape index (κ1) is 14.5. The smallest absolute Gasteiger partial charge is 0.410 e. The molecule has 0 aliphatic carbocycles. The zero-order valence-corrected chi connectivity index (χ0v) is 11.3. The highest BCUT2D eigenvalue weighted by atomic mass is 16.6. The Labute approximate surface area is 109 Å². The first-order valence-corrected chi connectivity index (χ1v) is 6.27. The minimum Gasteiger partial charge on any atom is -0.410 e. The fraction of sp³-hybridized carbons (Fsp3) is 0.500. The summed E-state index contributed by atoms with van der Waals surface area (Å²) in [4.78, 5) is 12.9. The van der Waals surface area contributed by atoms with Gasteiger partial charge in [-0.1, -0.05) is 25.1 Å². The molecule has 4 heteroatoms. The summed E-state index contributed by atoms with van der Waals surface area (Å²) in [5, 5.41) is 0. The van der Waals surface area contributed by atoms with Crippen molar-refractivity contribution in [3.8, 4) is 5.75 Å². The van der Waals surface area contributed by atoms with E-state index in [0.717, 1.165) is 24.8 Å². The molecule has 0 bridgehead atoms. The van der Waals surface area contributed by atoms with E-state index in [1.807, 2.05) is 24.3 Å². The first-order chi connectivity index (χ1) is 8.54. The maximum absolute atomic E-state index is 11.5. The van der Waals surface area contributed by atoms with Gasteiger partial charge in [0, 0.05) is 20.1 Å². The quantitative estimate of drug-likeness (QED) is 0.873. The molecule has 0 aromatic heterocycles. The van der Waals surface area contributed by atoms with E-state index in [1.54, 1.807) is 14.1 Å². The number of benzene rings is 1. The van der Waals surface area contributed by atoms with Gasteiger partial charge in [0.1, 0.15) is 5.75 Å². The Hall–Kier alpha value is -1.55. The van der Waals surface area contributed by atoms with Crippen LogP contribution in [0.4, 0.5) is 4.79 Å². The van der Waals surface area contributed by atoms with Crippen LogP contribution in [0.1, 0.15) is 25.3 Å². The molecule has 0 saturated heterocycles. The largest absolute Gasteiger partial charge is 0.414 e. The Bertz CT molecular complexity index is 391. The highest BCUT2D eigenvalue weighted by Gasteiger charge is 2.11. The van der Waals surface area contributed by atoms with Crippen LogP contribution in [0.15, 0.2) is 24.3 Å². The van der Waals surface area contributed by atoms with Gasteiger partial charge in [-0.15, -0.1) is 0 Å². The third-order valence-electron chi connectivity index (χ3n) is 2.84. The van der Waals surface area contributed by atoms with Gasteiger partial charge in [0.15, 0.2) is 0 Å².